The summed E-state index contributed by atoms with van der Waals surface area (Å²) in [6, 6.07) is 9.12. The summed E-state index contributed by atoms with van der Waals surface area (Å²) in [7, 11) is 0. The van der Waals surface area contributed by atoms with Gasteiger partial charge in [0.15, 0.2) is 6.10 Å². The Morgan fingerprint density at radius 2 is 2.33 bits per heavy atom. The highest BCUT2D eigenvalue weighted by atomic mass is 16.6. The average molecular weight is 289 g/mol. The lowest BCUT2D eigenvalue weighted by Crippen LogP contribution is -2.27. The molecule has 0 amide bonds. The molecule has 0 N–H and O–H groups in total. The molecule has 0 spiro atoms. The smallest absolute Gasteiger partial charge is 0.335 e. The fraction of sp³-hybridized carbons (Fsp3) is 0.500. The van der Waals surface area contributed by atoms with Crippen molar-refractivity contribution < 1.29 is 19.0 Å². The van der Waals surface area contributed by atoms with E-state index in [0.717, 1.165) is 19.4 Å². The summed E-state index contributed by atoms with van der Waals surface area (Å²) in [5.74, 6) is -0.430. The largest absolute Gasteiger partial charge is 0.459 e. The van der Waals surface area contributed by atoms with E-state index in [9.17, 15) is 4.79 Å². The highest BCUT2D eigenvalue weighted by Crippen LogP contribution is 2.13. The molecule has 1 fully saturated rings. The second kappa shape index (κ2) is 7.77. The Hall–Kier alpha value is -1.90. The zero-order valence-electron chi connectivity index (χ0n) is 12.1. The van der Waals surface area contributed by atoms with Crippen molar-refractivity contribution in [3.05, 3.63) is 35.4 Å². The van der Waals surface area contributed by atoms with Crippen LogP contribution in [0, 0.1) is 11.3 Å². The number of carbonyl (C=O) groups excluding carboxylic acids is 1. The molecule has 1 aliphatic heterocycles. The summed E-state index contributed by atoms with van der Waals surface area (Å²) in [6.07, 6.45) is 1.46. The minimum atomic E-state index is -0.636. The van der Waals surface area contributed by atoms with E-state index in [1.54, 1.807) is 31.2 Å². The molecule has 5 nitrogen and oxygen atoms in total. The van der Waals surface area contributed by atoms with Gasteiger partial charge in [-0.3, -0.25) is 0 Å². The molecule has 0 aliphatic carbocycles. The molecule has 1 aromatic rings. The van der Waals surface area contributed by atoms with Gasteiger partial charge in [0.2, 0.25) is 0 Å². The average Bonchev–Trinajstić information content (AvgIpc) is 3.03. The maximum Gasteiger partial charge on any atom is 0.335 e. The SMILES string of the molecule is CC(OCC1CCCO1)C(=O)OCc1ccccc1C#N. The molecule has 0 saturated carbocycles. The first kappa shape index (κ1) is 15.5. The molecule has 1 aliphatic rings. The molecule has 1 heterocycles. The number of hydrogen-bond donors (Lipinski definition) is 0. The molecular weight excluding hydrogens is 270 g/mol. The molecule has 2 atom stereocenters. The zero-order valence-corrected chi connectivity index (χ0v) is 12.1. The number of esters is 1. The number of nitriles is 1. The summed E-state index contributed by atoms with van der Waals surface area (Å²) in [5.41, 5.74) is 1.21. The van der Waals surface area contributed by atoms with Crippen LogP contribution in [0.15, 0.2) is 24.3 Å². The Morgan fingerprint density at radius 3 is 3.05 bits per heavy atom. The van der Waals surface area contributed by atoms with Crippen LogP contribution < -0.4 is 0 Å². The van der Waals surface area contributed by atoms with Gasteiger partial charge in [-0.2, -0.15) is 5.26 Å². The van der Waals surface area contributed by atoms with Crippen LogP contribution >= 0.6 is 0 Å². The molecule has 2 rings (SSSR count). The highest BCUT2D eigenvalue weighted by Gasteiger charge is 2.20. The van der Waals surface area contributed by atoms with Crippen molar-refractivity contribution in [3.8, 4) is 6.07 Å². The van der Waals surface area contributed by atoms with Gasteiger partial charge in [-0.25, -0.2) is 4.79 Å². The van der Waals surface area contributed by atoms with Crippen LogP contribution in [0.4, 0.5) is 0 Å². The monoisotopic (exact) mass is 289 g/mol. The zero-order chi connectivity index (χ0) is 15.1. The Labute approximate surface area is 124 Å². The van der Waals surface area contributed by atoms with E-state index in [2.05, 4.69) is 6.07 Å². The molecule has 1 aromatic carbocycles. The van der Waals surface area contributed by atoms with Gasteiger partial charge in [-0.15, -0.1) is 0 Å². The maximum atomic E-state index is 11.8. The molecule has 21 heavy (non-hydrogen) atoms. The van der Waals surface area contributed by atoms with E-state index in [0.29, 0.717) is 17.7 Å². The van der Waals surface area contributed by atoms with Gasteiger partial charge in [-0.1, -0.05) is 18.2 Å². The molecule has 5 heteroatoms. The molecular formula is C16H19NO4. The Balaban J connectivity index is 1.76. The third kappa shape index (κ3) is 4.55. The highest BCUT2D eigenvalue weighted by molar-refractivity contribution is 5.74. The molecule has 0 aromatic heterocycles. The van der Waals surface area contributed by atoms with Crippen molar-refractivity contribution in [1.29, 1.82) is 5.26 Å². The molecule has 0 bridgehead atoms. The van der Waals surface area contributed by atoms with Crippen molar-refractivity contribution in [3.63, 3.8) is 0 Å². The first-order valence-corrected chi connectivity index (χ1v) is 7.08. The van der Waals surface area contributed by atoms with Crippen LogP contribution in [0.25, 0.3) is 0 Å². The van der Waals surface area contributed by atoms with E-state index < -0.39 is 12.1 Å². The van der Waals surface area contributed by atoms with Crippen LogP contribution in [0.3, 0.4) is 0 Å². The van der Waals surface area contributed by atoms with Gasteiger partial charge in [-0.05, 0) is 25.8 Å². The summed E-state index contributed by atoms with van der Waals surface area (Å²) in [4.78, 5) is 11.8. The van der Waals surface area contributed by atoms with Gasteiger partial charge in [0.1, 0.15) is 6.61 Å². The third-order valence-electron chi connectivity index (χ3n) is 3.40. The summed E-state index contributed by atoms with van der Waals surface area (Å²) >= 11 is 0. The van der Waals surface area contributed by atoms with Crippen molar-refractivity contribution in [2.75, 3.05) is 13.2 Å². The lowest BCUT2D eigenvalue weighted by Gasteiger charge is -2.15. The lowest BCUT2D eigenvalue weighted by atomic mass is 10.1. The second-order valence-corrected chi connectivity index (χ2v) is 4.99. The first-order chi connectivity index (χ1) is 10.2. The number of nitrogens with zero attached hydrogens (tertiary/aromatic N) is 1. The van der Waals surface area contributed by atoms with Crippen LogP contribution in [0.5, 0.6) is 0 Å². The van der Waals surface area contributed by atoms with E-state index in [1.165, 1.54) is 0 Å². The summed E-state index contributed by atoms with van der Waals surface area (Å²) in [5, 5.41) is 8.97. The summed E-state index contributed by atoms with van der Waals surface area (Å²) < 4.78 is 16.1. The van der Waals surface area contributed by atoms with Gasteiger partial charge in [0.05, 0.1) is 24.3 Å². The normalized spacial score (nSPS) is 19.0. The minimum Gasteiger partial charge on any atom is -0.459 e. The fourth-order valence-electron chi connectivity index (χ4n) is 2.12. The standard InChI is InChI=1S/C16H19NO4/c1-12(20-11-15-7-4-8-19-15)16(18)21-10-14-6-3-2-5-13(14)9-17/h2-3,5-6,12,15H,4,7-8,10-11H2,1H3. The van der Waals surface area contributed by atoms with E-state index >= 15 is 0 Å². The molecule has 112 valence electrons. The minimum absolute atomic E-state index is 0.0796. The Morgan fingerprint density at radius 1 is 1.52 bits per heavy atom. The van der Waals surface area contributed by atoms with Crippen molar-refractivity contribution >= 4 is 5.97 Å². The third-order valence-corrected chi connectivity index (χ3v) is 3.40. The van der Waals surface area contributed by atoms with Crippen LogP contribution in [-0.4, -0.2) is 31.4 Å². The molecule has 1 saturated heterocycles. The second-order valence-electron chi connectivity index (χ2n) is 4.99. The number of hydrogen-bond acceptors (Lipinski definition) is 5. The number of benzene rings is 1. The lowest BCUT2D eigenvalue weighted by molar-refractivity contribution is -0.159. The number of carbonyl (C=O) groups is 1. The van der Waals surface area contributed by atoms with E-state index in [-0.39, 0.29) is 12.7 Å². The van der Waals surface area contributed by atoms with Crippen LogP contribution in [0.1, 0.15) is 30.9 Å². The van der Waals surface area contributed by atoms with Crippen LogP contribution in [-0.2, 0) is 25.6 Å². The predicted molar refractivity (Wildman–Crippen MR) is 75.3 cm³/mol. The van der Waals surface area contributed by atoms with Gasteiger partial charge in [0, 0.05) is 12.2 Å². The van der Waals surface area contributed by atoms with Crippen molar-refractivity contribution in [2.45, 2.75) is 38.6 Å². The fourth-order valence-corrected chi connectivity index (χ4v) is 2.12. The van der Waals surface area contributed by atoms with Crippen molar-refractivity contribution in [1.82, 2.24) is 0 Å². The molecule has 0 radical (unpaired) electrons. The molecule has 2 unspecified atom stereocenters. The summed E-state index contributed by atoms with van der Waals surface area (Å²) in [6.45, 7) is 2.91. The van der Waals surface area contributed by atoms with Gasteiger partial charge in [0.25, 0.3) is 0 Å². The Bertz CT molecular complexity index is 517. The predicted octanol–water partition coefficient (Wildman–Crippen LogP) is 2.19. The van der Waals surface area contributed by atoms with Gasteiger partial charge < -0.3 is 14.2 Å². The van der Waals surface area contributed by atoms with Gasteiger partial charge >= 0.3 is 5.97 Å². The Kier molecular flexibility index (Phi) is 5.73. The van der Waals surface area contributed by atoms with E-state index in [4.69, 9.17) is 19.5 Å². The quantitative estimate of drug-likeness (QED) is 0.751. The number of ether oxygens (including phenoxy) is 3. The van der Waals surface area contributed by atoms with E-state index in [1.807, 2.05) is 0 Å². The maximum absolute atomic E-state index is 11.8. The van der Waals surface area contributed by atoms with Crippen molar-refractivity contribution in [2.24, 2.45) is 0 Å². The number of rotatable bonds is 6. The topological polar surface area (TPSA) is 68.6 Å². The first-order valence-electron chi connectivity index (χ1n) is 7.08. The van der Waals surface area contributed by atoms with Crippen LogP contribution in [0.2, 0.25) is 0 Å².